The van der Waals surface area contributed by atoms with Crippen LogP contribution in [0.25, 0.3) is 10.6 Å². The van der Waals surface area contributed by atoms with Crippen molar-refractivity contribution in [3.8, 4) is 10.6 Å². The highest BCUT2D eigenvalue weighted by Crippen LogP contribution is 2.31. The van der Waals surface area contributed by atoms with Gasteiger partial charge < -0.3 is 4.74 Å². The number of aromatic nitrogens is 2. The summed E-state index contributed by atoms with van der Waals surface area (Å²) in [7, 11) is -2.05. The highest BCUT2D eigenvalue weighted by Gasteiger charge is 2.26. The molecule has 0 aliphatic carbocycles. The van der Waals surface area contributed by atoms with Gasteiger partial charge in [0.1, 0.15) is 9.90 Å². The fourth-order valence-corrected chi connectivity index (χ4v) is 6.14. The van der Waals surface area contributed by atoms with Crippen LogP contribution >= 0.6 is 22.7 Å². The topological polar surface area (TPSA) is 92.4 Å². The monoisotopic (exact) mass is 425 g/mol. The number of hydrogen-bond donors (Lipinski definition) is 1. The Labute approximate surface area is 165 Å². The molecule has 3 aromatic rings. The number of nitrogens with zero attached hydrogens (tertiary/aromatic N) is 2. The Morgan fingerprint density at radius 2 is 2.07 bits per heavy atom. The molecule has 0 unspecified atom stereocenters. The third-order valence-corrected chi connectivity index (χ3v) is 8.06. The highest BCUT2D eigenvalue weighted by molar-refractivity contribution is 7.91. The van der Waals surface area contributed by atoms with E-state index in [4.69, 9.17) is 4.74 Å². The Morgan fingerprint density at radius 3 is 2.74 bits per heavy atom. The molecule has 1 N–H and O–H groups in total. The standard InChI is InChI=1S/C17H19N3O4S3/c1-24-10-3-9-20(12-13-4-2-11-25-13)27(22,23)17-8-6-15(26-17)14-5-7-16(21)19-18-14/h2,4-8,11H,3,9-10,12H2,1H3,(H,19,21). The molecule has 10 heteroatoms. The van der Waals surface area contributed by atoms with Crippen LogP contribution in [0, 0.1) is 0 Å². The maximum atomic E-state index is 13.2. The molecule has 0 atom stereocenters. The van der Waals surface area contributed by atoms with Gasteiger partial charge >= 0.3 is 0 Å². The zero-order valence-electron chi connectivity index (χ0n) is 14.6. The number of sulfonamides is 1. The highest BCUT2D eigenvalue weighted by atomic mass is 32.2. The first-order chi connectivity index (χ1) is 13.0. The number of rotatable bonds is 9. The zero-order chi connectivity index (χ0) is 19.3. The van der Waals surface area contributed by atoms with Crippen LogP contribution in [-0.2, 0) is 21.3 Å². The second-order valence-corrected chi connectivity index (χ2v) is 9.97. The van der Waals surface area contributed by atoms with E-state index in [2.05, 4.69) is 10.2 Å². The van der Waals surface area contributed by atoms with E-state index in [1.54, 1.807) is 25.3 Å². The molecule has 0 spiro atoms. The van der Waals surface area contributed by atoms with Gasteiger partial charge in [-0.1, -0.05) is 6.07 Å². The van der Waals surface area contributed by atoms with E-state index in [-0.39, 0.29) is 9.77 Å². The van der Waals surface area contributed by atoms with E-state index in [0.29, 0.717) is 36.7 Å². The van der Waals surface area contributed by atoms with Crippen molar-refractivity contribution < 1.29 is 13.2 Å². The molecule has 144 valence electrons. The van der Waals surface area contributed by atoms with Gasteiger partial charge in [-0.3, -0.25) is 4.79 Å². The Hall–Kier alpha value is -1.85. The van der Waals surface area contributed by atoms with Gasteiger partial charge in [0, 0.05) is 37.7 Å². The molecule has 3 rings (SSSR count). The van der Waals surface area contributed by atoms with Gasteiger partial charge in [0.2, 0.25) is 0 Å². The average molecular weight is 426 g/mol. The molecule has 0 aromatic carbocycles. The summed E-state index contributed by atoms with van der Waals surface area (Å²) in [6.45, 7) is 1.19. The quantitative estimate of drug-likeness (QED) is 0.532. The van der Waals surface area contributed by atoms with Crippen LogP contribution < -0.4 is 5.56 Å². The van der Waals surface area contributed by atoms with Crippen molar-refractivity contribution in [2.24, 2.45) is 0 Å². The van der Waals surface area contributed by atoms with Crippen LogP contribution in [0.3, 0.4) is 0 Å². The Morgan fingerprint density at radius 1 is 1.22 bits per heavy atom. The van der Waals surface area contributed by atoms with Crippen molar-refractivity contribution in [2.45, 2.75) is 17.2 Å². The predicted octanol–water partition coefficient (Wildman–Crippen LogP) is 2.79. The summed E-state index contributed by atoms with van der Waals surface area (Å²) in [6.07, 6.45) is 0.612. The molecule has 0 amide bonds. The first-order valence-electron chi connectivity index (χ1n) is 8.18. The number of aromatic amines is 1. The molecule has 0 fully saturated rings. The molecule has 0 saturated heterocycles. The summed E-state index contributed by atoms with van der Waals surface area (Å²) >= 11 is 2.66. The Bertz CT molecular complexity index is 1010. The van der Waals surface area contributed by atoms with Gasteiger partial charge in [0.05, 0.1) is 4.88 Å². The van der Waals surface area contributed by atoms with E-state index in [0.717, 1.165) is 16.2 Å². The summed E-state index contributed by atoms with van der Waals surface area (Å²) in [5.41, 5.74) is 0.230. The van der Waals surface area contributed by atoms with Crippen LogP contribution in [0.1, 0.15) is 11.3 Å². The van der Waals surface area contributed by atoms with Gasteiger partial charge in [-0.15, -0.1) is 22.7 Å². The van der Waals surface area contributed by atoms with E-state index in [1.807, 2.05) is 17.5 Å². The lowest BCUT2D eigenvalue weighted by Gasteiger charge is -2.20. The molecule has 3 heterocycles. The molecular formula is C17H19N3O4S3. The van der Waals surface area contributed by atoms with Gasteiger partial charge in [0.25, 0.3) is 15.6 Å². The van der Waals surface area contributed by atoms with E-state index in [9.17, 15) is 13.2 Å². The lowest BCUT2D eigenvalue weighted by molar-refractivity contribution is 0.187. The van der Waals surface area contributed by atoms with Crippen molar-refractivity contribution >= 4 is 32.7 Å². The summed E-state index contributed by atoms with van der Waals surface area (Å²) in [4.78, 5) is 12.8. The summed E-state index contributed by atoms with van der Waals surface area (Å²) < 4.78 is 33.1. The number of nitrogens with one attached hydrogen (secondary N) is 1. The Balaban J connectivity index is 1.86. The van der Waals surface area contributed by atoms with Crippen molar-refractivity contribution in [1.29, 1.82) is 0 Å². The fraction of sp³-hybridized carbons (Fsp3) is 0.294. The fourth-order valence-electron chi connectivity index (χ4n) is 2.45. The van der Waals surface area contributed by atoms with Crippen LogP contribution in [0.5, 0.6) is 0 Å². The number of H-pyrrole nitrogens is 1. The van der Waals surface area contributed by atoms with Gasteiger partial charge in [-0.05, 0) is 36.1 Å². The molecular weight excluding hydrogens is 406 g/mol. The lowest BCUT2D eigenvalue weighted by atomic mass is 10.3. The van der Waals surface area contributed by atoms with Gasteiger partial charge in [-0.2, -0.15) is 9.40 Å². The largest absolute Gasteiger partial charge is 0.385 e. The molecule has 0 saturated carbocycles. The minimum absolute atomic E-state index is 0.250. The van der Waals surface area contributed by atoms with E-state index in [1.165, 1.54) is 21.7 Å². The molecule has 27 heavy (non-hydrogen) atoms. The number of hydrogen-bond acceptors (Lipinski definition) is 7. The van der Waals surface area contributed by atoms with Crippen molar-refractivity contribution in [3.63, 3.8) is 0 Å². The van der Waals surface area contributed by atoms with Crippen molar-refractivity contribution in [2.75, 3.05) is 20.3 Å². The van der Waals surface area contributed by atoms with Crippen molar-refractivity contribution in [1.82, 2.24) is 14.5 Å². The first-order valence-corrected chi connectivity index (χ1v) is 11.3. The maximum absolute atomic E-state index is 13.2. The summed E-state index contributed by atoms with van der Waals surface area (Å²) in [5, 5.41) is 8.25. The first kappa shape index (κ1) is 19.9. The minimum atomic E-state index is -3.65. The normalized spacial score (nSPS) is 11.9. The predicted molar refractivity (Wildman–Crippen MR) is 107 cm³/mol. The Kier molecular flexibility index (Phi) is 6.55. The van der Waals surface area contributed by atoms with E-state index >= 15 is 0 Å². The minimum Gasteiger partial charge on any atom is -0.385 e. The molecule has 3 aromatic heterocycles. The van der Waals surface area contributed by atoms with Crippen molar-refractivity contribution in [3.05, 3.63) is 57.0 Å². The third kappa shape index (κ3) is 4.90. The lowest BCUT2D eigenvalue weighted by Crippen LogP contribution is -2.31. The van der Waals surface area contributed by atoms with Crippen LogP contribution in [0.4, 0.5) is 0 Å². The maximum Gasteiger partial charge on any atom is 0.264 e. The SMILES string of the molecule is COCCCN(Cc1cccs1)S(=O)(=O)c1ccc(-c2ccc(=O)[nH]n2)s1. The molecule has 7 nitrogen and oxygen atoms in total. The van der Waals surface area contributed by atoms with Crippen LogP contribution in [0.15, 0.2) is 50.8 Å². The van der Waals surface area contributed by atoms with Gasteiger partial charge in [-0.25, -0.2) is 13.5 Å². The molecule has 0 bridgehead atoms. The van der Waals surface area contributed by atoms with Gasteiger partial charge in [0.15, 0.2) is 0 Å². The average Bonchev–Trinajstić information content (AvgIpc) is 3.34. The van der Waals surface area contributed by atoms with Crippen LogP contribution in [0.2, 0.25) is 0 Å². The van der Waals surface area contributed by atoms with E-state index < -0.39 is 10.0 Å². The smallest absolute Gasteiger partial charge is 0.264 e. The van der Waals surface area contributed by atoms with Crippen LogP contribution in [-0.4, -0.2) is 43.2 Å². The summed E-state index contributed by atoms with van der Waals surface area (Å²) in [6, 6.07) is 10.1. The number of methoxy groups -OCH3 is 1. The third-order valence-electron chi connectivity index (χ3n) is 3.78. The number of ether oxygens (including phenoxy) is 1. The second-order valence-electron chi connectivity index (χ2n) is 5.69. The molecule has 0 radical (unpaired) electrons. The number of thiophene rings is 2. The zero-order valence-corrected chi connectivity index (χ0v) is 17.1. The molecule has 0 aliphatic heterocycles. The molecule has 0 aliphatic rings. The summed E-state index contributed by atoms with van der Waals surface area (Å²) in [5.74, 6) is 0. The second kappa shape index (κ2) is 8.89.